The zero-order chi connectivity index (χ0) is 12.8. The minimum absolute atomic E-state index is 0.374. The smallest absolute Gasteiger partial charge is 0.0583 e. The van der Waals surface area contributed by atoms with E-state index < -0.39 is 0 Å². The molecule has 0 N–H and O–H groups in total. The van der Waals surface area contributed by atoms with E-state index in [4.69, 9.17) is 9.47 Å². The average Bonchev–Trinajstić information content (AvgIpc) is 2.97. The lowest BCUT2D eigenvalue weighted by Gasteiger charge is -2.59. The highest BCUT2D eigenvalue weighted by Crippen LogP contribution is 2.53. The van der Waals surface area contributed by atoms with Gasteiger partial charge in [-0.2, -0.15) is 0 Å². The molecule has 3 rings (SSSR count). The third-order valence-electron chi connectivity index (χ3n) is 5.01. The molecule has 3 aliphatic rings. The SMILES string of the molecule is COC1CC2(C1)CN(CC1(COC(C)C)CC1)C2. The zero-order valence-corrected chi connectivity index (χ0v) is 12.1. The minimum Gasteiger partial charge on any atom is -0.381 e. The van der Waals surface area contributed by atoms with Gasteiger partial charge < -0.3 is 14.4 Å². The first-order valence-electron chi connectivity index (χ1n) is 7.42. The fourth-order valence-corrected chi connectivity index (χ4v) is 3.69. The van der Waals surface area contributed by atoms with Crippen LogP contribution in [0, 0.1) is 10.8 Å². The van der Waals surface area contributed by atoms with Crippen molar-refractivity contribution in [3.05, 3.63) is 0 Å². The highest BCUT2D eigenvalue weighted by Gasteiger charge is 2.55. The second-order valence-electron chi connectivity index (χ2n) is 7.27. The molecule has 0 aromatic carbocycles. The van der Waals surface area contributed by atoms with Gasteiger partial charge in [-0.25, -0.2) is 0 Å². The molecule has 1 spiro atoms. The topological polar surface area (TPSA) is 21.7 Å². The Balaban J connectivity index is 1.38. The Bertz CT molecular complexity index is 298. The maximum Gasteiger partial charge on any atom is 0.0583 e. The summed E-state index contributed by atoms with van der Waals surface area (Å²) >= 11 is 0. The normalized spacial score (nSPS) is 29.3. The number of ether oxygens (including phenoxy) is 2. The van der Waals surface area contributed by atoms with Gasteiger partial charge in [-0.1, -0.05) is 0 Å². The predicted octanol–water partition coefficient (Wildman–Crippen LogP) is 2.30. The fraction of sp³-hybridized carbons (Fsp3) is 1.00. The van der Waals surface area contributed by atoms with Crippen LogP contribution in [-0.2, 0) is 9.47 Å². The van der Waals surface area contributed by atoms with Gasteiger partial charge >= 0.3 is 0 Å². The Hall–Kier alpha value is -0.120. The summed E-state index contributed by atoms with van der Waals surface area (Å²) < 4.78 is 11.2. The highest BCUT2D eigenvalue weighted by molar-refractivity contribution is 5.07. The number of likely N-dealkylation sites (tertiary alicyclic amines) is 1. The summed E-state index contributed by atoms with van der Waals surface area (Å²) in [5, 5.41) is 0. The Labute approximate surface area is 111 Å². The van der Waals surface area contributed by atoms with E-state index in [1.165, 1.54) is 45.3 Å². The minimum atomic E-state index is 0.374. The number of rotatable bonds is 6. The van der Waals surface area contributed by atoms with Gasteiger partial charge in [0.05, 0.1) is 18.8 Å². The molecule has 1 saturated heterocycles. The second kappa shape index (κ2) is 4.46. The van der Waals surface area contributed by atoms with Crippen LogP contribution >= 0.6 is 0 Å². The number of hydrogen-bond donors (Lipinski definition) is 0. The molecule has 3 nitrogen and oxygen atoms in total. The molecule has 2 saturated carbocycles. The van der Waals surface area contributed by atoms with Gasteiger partial charge in [0, 0.05) is 37.6 Å². The van der Waals surface area contributed by atoms with Crippen LogP contribution in [0.4, 0.5) is 0 Å². The maximum absolute atomic E-state index is 5.82. The number of hydrogen-bond acceptors (Lipinski definition) is 3. The monoisotopic (exact) mass is 253 g/mol. The van der Waals surface area contributed by atoms with Crippen molar-refractivity contribution in [1.29, 1.82) is 0 Å². The second-order valence-corrected chi connectivity index (χ2v) is 7.27. The van der Waals surface area contributed by atoms with Crippen molar-refractivity contribution in [2.45, 2.75) is 51.7 Å². The van der Waals surface area contributed by atoms with E-state index >= 15 is 0 Å². The summed E-state index contributed by atoms with van der Waals surface area (Å²) in [5.74, 6) is 0. The van der Waals surface area contributed by atoms with Crippen molar-refractivity contribution in [2.75, 3.05) is 33.4 Å². The van der Waals surface area contributed by atoms with Crippen LogP contribution < -0.4 is 0 Å². The molecular formula is C15H27NO2. The molecule has 0 aromatic heterocycles. The third-order valence-corrected chi connectivity index (χ3v) is 5.01. The molecule has 104 valence electrons. The van der Waals surface area contributed by atoms with Gasteiger partial charge in [0.25, 0.3) is 0 Å². The standard InChI is InChI=1S/C15H27NO2/c1-12(2)18-11-14(4-5-14)8-16-9-15(10-16)6-13(7-15)17-3/h12-13H,4-11H2,1-3H3. The van der Waals surface area contributed by atoms with Gasteiger partial charge in [-0.3, -0.25) is 0 Å². The van der Waals surface area contributed by atoms with Crippen LogP contribution in [0.15, 0.2) is 0 Å². The largest absolute Gasteiger partial charge is 0.381 e. The van der Waals surface area contributed by atoms with Crippen LogP contribution in [0.25, 0.3) is 0 Å². The first kappa shape index (κ1) is 12.9. The molecule has 0 amide bonds. The van der Waals surface area contributed by atoms with Crippen molar-refractivity contribution in [3.63, 3.8) is 0 Å². The van der Waals surface area contributed by atoms with Crippen LogP contribution in [0.5, 0.6) is 0 Å². The van der Waals surface area contributed by atoms with Crippen molar-refractivity contribution in [1.82, 2.24) is 4.90 Å². The summed E-state index contributed by atoms with van der Waals surface area (Å²) in [6.45, 7) is 9.10. The van der Waals surface area contributed by atoms with Crippen LogP contribution in [-0.4, -0.2) is 50.5 Å². The van der Waals surface area contributed by atoms with Gasteiger partial charge in [-0.05, 0) is 39.5 Å². The summed E-state index contributed by atoms with van der Waals surface area (Å²) in [4.78, 5) is 2.64. The molecule has 0 unspecified atom stereocenters. The lowest BCUT2D eigenvalue weighted by Crippen LogP contribution is -2.64. The average molecular weight is 253 g/mol. The molecule has 3 heteroatoms. The number of nitrogens with zero attached hydrogens (tertiary/aromatic N) is 1. The van der Waals surface area contributed by atoms with Crippen molar-refractivity contribution in [2.24, 2.45) is 10.8 Å². The van der Waals surface area contributed by atoms with Gasteiger partial charge in [0.2, 0.25) is 0 Å². The first-order chi connectivity index (χ1) is 8.55. The Kier molecular flexibility index (Phi) is 3.20. The predicted molar refractivity (Wildman–Crippen MR) is 71.7 cm³/mol. The molecule has 0 bridgehead atoms. The first-order valence-corrected chi connectivity index (χ1v) is 7.42. The third kappa shape index (κ3) is 2.45. The van der Waals surface area contributed by atoms with Crippen LogP contribution in [0.1, 0.15) is 39.5 Å². The Morgan fingerprint density at radius 1 is 1.22 bits per heavy atom. The van der Waals surface area contributed by atoms with E-state index in [1.807, 2.05) is 7.11 Å². The Morgan fingerprint density at radius 2 is 1.89 bits per heavy atom. The summed E-state index contributed by atoms with van der Waals surface area (Å²) in [7, 11) is 1.84. The molecule has 0 atom stereocenters. The number of methoxy groups -OCH3 is 1. The van der Waals surface area contributed by atoms with E-state index in [-0.39, 0.29) is 0 Å². The molecular weight excluding hydrogens is 226 g/mol. The van der Waals surface area contributed by atoms with Crippen LogP contribution in [0.3, 0.4) is 0 Å². The molecule has 18 heavy (non-hydrogen) atoms. The molecule has 0 radical (unpaired) electrons. The Morgan fingerprint density at radius 3 is 2.39 bits per heavy atom. The summed E-state index contributed by atoms with van der Waals surface area (Å²) in [6.07, 6.45) is 6.23. The van der Waals surface area contributed by atoms with Gasteiger partial charge in [0.15, 0.2) is 0 Å². The fourth-order valence-electron chi connectivity index (χ4n) is 3.69. The molecule has 1 aliphatic heterocycles. The van der Waals surface area contributed by atoms with Crippen molar-refractivity contribution >= 4 is 0 Å². The molecule has 1 heterocycles. The zero-order valence-electron chi connectivity index (χ0n) is 12.1. The van der Waals surface area contributed by atoms with Crippen molar-refractivity contribution < 1.29 is 9.47 Å². The van der Waals surface area contributed by atoms with Gasteiger partial charge in [-0.15, -0.1) is 0 Å². The molecule has 0 aromatic rings. The van der Waals surface area contributed by atoms with Gasteiger partial charge in [0.1, 0.15) is 0 Å². The molecule has 3 fully saturated rings. The van der Waals surface area contributed by atoms with E-state index in [9.17, 15) is 0 Å². The highest BCUT2D eigenvalue weighted by atomic mass is 16.5. The summed E-state index contributed by atoms with van der Waals surface area (Å²) in [5.41, 5.74) is 1.14. The lowest BCUT2D eigenvalue weighted by molar-refractivity contribution is -0.146. The van der Waals surface area contributed by atoms with E-state index in [0.29, 0.717) is 23.0 Å². The summed E-state index contributed by atoms with van der Waals surface area (Å²) in [6, 6.07) is 0. The quantitative estimate of drug-likeness (QED) is 0.725. The maximum atomic E-state index is 5.82. The van der Waals surface area contributed by atoms with Crippen molar-refractivity contribution in [3.8, 4) is 0 Å². The molecule has 2 aliphatic carbocycles. The van der Waals surface area contributed by atoms with E-state index in [2.05, 4.69) is 18.7 Å². The van der Waals surface area contributed by atoms with E-state index in [1.54, 1.807) is 0 Å². The lowest BCUT2D eigenvalue weighted by atomic mass is 9.61. The van der Waals surface area contributed by atoms with Crippen LogP contribution in [0.2, 0.25) is 0 Å². The van der Waals surface area contributed by atoms with E-state index in [0.717, 1.165) is 6.61 Å².